The van der Waals surface area contributed by atoms with Crippen LogP contribution in [0.25, 0.3) is 0 Å². The van der Waals surface area contributed by atoms with E-state index in [4.69, 9.17) is 0 Å². The van der Waals surface area contributed by atoms with E-state index in [1.807, 2.05) is 0 Å². The van der Waals surface area contributed by atoms with Crippen LogP contribution in [0, 0.1) is 11.8 Å². The quantitative estimate of drug-likeness (QED) is 0.770. The Bertz CT molecular complexity index is 516. The molecule has 0 atom stereocenters. The third kappa shape index (κ3) is 5.44. The van der Waals surface area contributed by atoms with Gasteiger partial charge in [-0.25, -0.2) is 0 Å². The van der Waals surface area contributed by atoms with Crippen molar-refractivity contribution in [2.45, 2.75) is 25.6 Å². The molecule has 1 rings (SSSR count). The number of amides is 1. The van der Waals surface area contributed by atoms with Gasteiger partial charge in [0.1, 0.15) is 5.60 Å². The molecule has 0 aliphatic rings. The van der Waals surface area contributed by atoms with Crippen molar-refractivity contribution in [2.24, 2.45) is 0 Å². The minimum absolute atomic E-state index is 0.0242. The summed E-state index contributed by atoms with van der Waals surface area (Å²) in [7, 11) is 0. The van der Waals surface area contributed by atoms with Gasteiger partial charge < -0.3 is 10.4 Å². The van der Waals surface area contributed by atoms with Crippen LogP contribution >= 0.6 is 0 Å². The minimum Gasteiger partial charge on any atom is -0.378 e. The van der Waals surface area contributed by atoms with Crippen LogP contribution in [0.5, 0.6) is 0 Å². The number of nitrogens with one attached hydrogen (secondary N) is 1. The van der Waals surface area contributed by atoms with Crippen LogP contribution in [0.1, 0.15) is 19.4 Å². The lowest BCUT2D eigenvalue weighted by Crippen LogP contribution is -2.29. The van der Waals surface area contributed by atoms with Gasteiger partial charge in [-0.05, 0) is 38.1 Å². The molecule has 0 heterocycles. The van der Waals surface area contributed by atoms with Gasteiger partial charge in [-0.2, -0.15) is 13.2 Å². The fourth-order valence-electron chi connectivity index (χ4n) is 1.06. The topological polar surface area (TPSA) is 49.3 Å². The lowest BCUT2D eigenvalue weighted by Gasteiger charge is -2.08. The number of carbonyl (C=O) groups excluding carboxylic acids is 1. The van der Waals surface area contributed by atoms with E-state index in [2.05, 4.69) is 11.8 Å². The van der Waals surface area contributed by atoms with Gasteiger partial charge in [0.15, 0.2) is 0 Å². The molecule has 0 fully saturated rings. The van der Waals surface area contributed by atoms with Crippen LogP contribution in [0.4, 0.5) is 18.9 Å². The van der Waals surface area contributed by atoms with Crippen LogP contribution in [0.2, 0.25) is 0 Å². The highest BCUT2D eigenvalue weighted by atomic mass is 19.4. The molecule has 102 valence electrons. The molecule has 0 saturated heterocycles. The summed E-state index contributed by atoms with van der Waals surface area (Å²) < 4.78 is 36.0. The number of anilines is 1. The fourth-order valence-corrected chi connectivity index (χ4v) is 1.06. The predicted octanol–water partition coefficient (Wildman–Crippen LogP) is 2.31. The van der Waals surface area contributed by atoms with E-state index < -0.39 is 17.7 Å². The summed E-state index contributed by atoms with van der Waals surface area (Å²) >= 11 is 0. The average molecular weight is 271 g/mol. The largest absolute Gasteiger partial charge is 0.471 e. The summed E-state index contributed by atoms with van der Waals surface area (Å²) in [6.45, 7) is 3.02. The standard InChI is InChI=1S/C13H12F3NO2/c1-12(2,19)8-7-9-3-5-10(6-4-9)17-11(18)13(14,15)16/h3-6,19H,1-2H3,(H,17,18). The third-order valence-electron chi connectivity index (χ3n) is 1.91. The molecule has 0 aliphatic heterocycles. The van der Waals surface area contributed by atoms with Crippen LogP contribution in [-0.4, -0.2) is 22.8 Å². The molecule has 1 aromatic rings. The maximum atomic E-state index is 12.0. The van der Waals surface area contributed by atoms with E-state index in [-0.39, 0.29) is 5.69 Å². The molecule has 0 aromatic heterocycles. The van der Waals surface area contributed by atoms with Crippen molar-refractivity contribution >= 4 is 11.6 Å². The van der Waals surface area contributed by atoms with E-state index in [0.717, 1.165) is 0 Å². The maximum Gasteiger partial charge on any atom is 0.471 e. The normalized spacial score (nSPS) is 11.5. The Labute approximate surface area is 108 Å². The van der Waals surface area contributed by atoms with Crippen molar-refractivity contribution in [2.75, 3.05) is 5.32 Å². The zero-order valence-electron chi connectivity index (χ0n) is 10.3. The van der Waals surface area contributed by atoms with Crippen molar-refractivity contribution in [3.8, 4) is 11.8 Å². The van der Waals surface area contributed by atoms with Crippen LogP contribution in [-0.2, 0) is 4.79 Å². The second-order valence-electron chi connectivity index (χ2n) is 4.34. The zero-order chi connectivity index (χ0) is 14.7. The summed E-state index contributed by atoms with van der Waals surface area (Å²) in [5.74, 6) is 3.20. The lowest BCUT2D eigenvalue weighted by atomic mass is 10.1. The van der Waals surface area contributed by atoms with E-state index in [1.54, 1.807) is 5.32 Å². The Morgan fingerprint density at radius 1 is 1.21 bits per heavy atom. The molecule has 2 N–H and O–H groups in total. The molecule has 1 aromatic carbocycles. The summed E-state index contributed by atoms with van der Waals surface area (Å²) in [4.78, 5) is 10.7. The maximum absolute atomic E-state index is 12.0. The number of benzene rings is 1. The Kier molecular flexibility index (Phi) is 4.22. The predicted molar refractivity (Wildman–Crippen MR) is 64.3 cm³/mol. The highest BCUT2D eigenvalue weighted by Crippen LogP contribution is 2.18. The number of carbonyl (C=O) groups is 1. The molecule has 1 amide bonds. The second-order valence-corrected chi connectivity index (χ2v) is 4.34. The molecule has 6 heteroatoms. The molecule has 0 unspecified atom stereocenters. The Morgan fingerprint density at radius 3 is 2.16 bits per heavy atom. The minimum atomic E-state index is -4.92. The van der Waals surface area contributed by atoms with Crippen molar-refractivity contribution in [1.29, 1.82) is 0 Å². The van der Waals surface area contributed by atoms with Crippen LogP contribution < -0.4 is 5.32 Å². The van der Waals surface area contributed by atoms with Gasteiger partial charge >= 0.3 is 12.1 Å². The number of alkyl halides is 3. The zero-order valence-corrected chi connectivity index (χ0v) is 10.3. The molecule has 0 bridgehead atoms. The monoisotopic (exact) mass is 271 g/mol. The number of aliphatic hydroxyl groups is 1. The van der Waals surface area contributed by atoms with Crippen molar-refractivity contribution in [3.05, 3.63) is 29.8 Å². The summed E-state index contributed by atoms with van der Waals surface area (Å²) in [6.07, 6.45) is -4.92. The number of halogens is 3. The van der Waals surface area contributed by atoms with Gasteiger partial charge in [-0.15, -0.1) is 0 Å². The Hall–Kier alpha value is -2.00. The highest BCUT2D eigenvalue weighted by molar-refractivity contribution is 5.94. The average Bonchev–Trinajstić information content (AvgIpc) is 2.26. The van der Waals surface area contributed by atoms with Crippen molar-refractivity contribution in [3.63, 3.8) is 0 Å². The van der Waals surface area contributed by atoms with Gasteiger partial charge in [0.25, 0.3) is 0 Å². The number of rotatable bonds is 1. The van der Waals surface area contributed by atoms with Gasteiger partial charge in [-0.1, -0.05) is 11.8 Å². The van der Waals surface area contributed by atoms with Gasteiger partial charge in [0, 0.05) is 11.3 Å². The summed E-state index contributed by atoms with van der Waals surface area (Å²) in [6, 6.07) is 5.51. The molecular weight excluding hydrogens is 259 g/mol. The van der Waals surface area contributed by atoms with Crippen LogP contribution in [0.15, 0.2) is 24.3 Å². The second kappa shape index (κ2) is 5.33. The first kappa shape index (κ1) is 15.1. The van der Waals surface area contributed by atoms with Gasteiger partial charge in [0.05, 0.1) is 0 Å². The third-order valence-corrected chi connectivity index (χ3v) is 1.91. The number of hydrogen-bond acceptors (Lipinski definition) is 2. The Morgan fingerprint density at radius 2 is 1.74 bits per heavy atom. The summed E-state index contributed by atoms with van der Waals surface area (Å²) in [5.41, 5.74) is -0.605. The fraction of sp³-hybridized carbons (Fsp3) is 0.308. The molecule has 0 spiro atoms. The Balaban J connectivity index is 2.77. The van der Waals surface area contributed by atoms with E-state index in [0.29, 0.717) is 5.56 Å². The van der Waals surface area contributed by atoms with Gasteiger partial charge in [0.2, 0.25) is 0 Å². The SMILES string of the molecule is CC(C)(O)C#Cc1ccc(NC(=O)C(F)(F)F)cc1. The molecule has 0 saturated carbocycles. The molecular formula is C13H12F3NO2. The first-order valence-electron chi connectivity index (χ1n) is 5.32. The summed E-state index contributed by atoms with van der Waals surface area (Å²) in [5, 5.41) is 11.1. The van der Waals surface area contributed by atoms with E-state index in [1.165, 1.54) is 38.1 Å². The molecule has 0 radical (unpaired) electrons. The number of hydrogen-bond donors (Lipinski definition) is 2. The molecule has 19 heavy (non-hydrogen) atoms. The van der Waals surface area contributed by atoms with E-state index in [9.17, 15) is 23.1 Å². The van der Waals surface area contributed by atoms with Crippen molar-refractivity contribution in [1.82, 2.24) is 0 Å². The smallest absolute Gasteiger partial charge is 0.378 e. The highest BCUT2D eigenvalue weighted by Gasteiger charge is 2.38. The first-order valence-corrected chi connectivity index (χ1v) is 5.32. The lowest BCUT2D eigenvalue weighted by molar-refractivity contribution is -0.167. The van der Waals surface area contributed by atoms with E-state index >= 15 is 0 Å². The van der Waals surface area contributed by atoms with Crippen LogP contribution in [0.3, 0.4) is 0 Å². The van der Waals surface area contributed by atoms with Gasteiger partial charge in [-0.3, -0.25) is 4.79 Å². The van der Waals surface area contributed by atoms with Crippen molar-refractivity contribution < 1.29 is 23.1 Å². The first-order chi connectivity index (χ1) is 8.58. The molecule has 3 nitrogen and oxygen atoms in total. The molecule has 0 aliphatic carbocycles.